The maximum atomic E-state index is 2.72. The molecule has 0 aliphatic heterocycles. The molecule has 0 aliphatic rings. The number of hydrogen-bond donors (Lipinski definition) is 0. The molecule has 44 heavy (non-hydrogen) atoms. The van der Waals surface area contributed by atoms with Gasteiger partial charge in [0.25, 0.3) is 5.82 Å². The van der Waals surface area contributed by atoms with Crippen LogP contribution in [0.5, 0.6) is 0 Å². The molecule has 0 bridgehead atoms. The molecule has 0 amide bonds. The van der Waals surface area contributed by atoms with Crippen LogP contribution in [-0.2, 0) is 25.9 Å². The molecule has 0 aliphatic carbocycles. The lowest BCUT2D eigenvalue weighted by molar-refractivity contribution is -0.704. The largest absolute Gasteiger partial charge is 0.261 e. The van der Waals surface area contributed by atoms with Gasteiger partial charge in [-0.2, -0.15) is 0 Å². The first-order valence-electron chi connectivity index (χ1n) is 18.9. The van der Waals surface area contributed by atoms with Crippen LogP contribution in [0.4, 0.5) is 0 Å². The lowest BCUT2D eigenvalue weighted by atomic mass is 9.96. The van der Waals surface area contributed by atoms with Crippen molar-refractivity contribution < 1.29 is 4.57 Å². The van der Waals surface area contributed by atoms with Crippen LogP contribution in [0.25, 0.3) is 0 Å². The monoisotopic (exact) mass is 600 g/mol. The van der Waals surface area contributed by atoms with Gasteiger partial charge in [0.05, 0.1) is 19.5 Å². The first kappa shape index (κ1) is 36.1. The number of benzene rings is 2. The molecule has 0 saturated carbocycles. The number of rotatable bonds is 26. The minimum atomic E-state index is 0.518. The lowest BCUT2D eigenvalue weighted by Gasteiger charge is -2.12. The summed E-state index contributed by atoms with van der Waals surface area (Å²) in [6, 6.07) is 22.3. The van der Waals surface area contributed by atoms with Gasteiger partial charge in [-0.3, -0.25) is 0 Å². The maximum Gasteiger partial charge on any atom is 0.261 e. The molecule has 2 nitrogen and oxygen atoms in total. The number of nitrogens with zero attached hydrogens (tertiary/aromatic N) is 2. The zero-order chi connectivity index (χ0) is 31.1. The van der Waals surface area contributed by atoms with Crippen LogP contribution in [0.3, 0.4) is 0 Å². The van der Waals surface area contributed by atoms with E-state index in [9.17, 15) is 0 Å². The summed E-state index contributed by atoms with van der Waals surface area (Å²) in [6.45, 7) is 9.31. The summed E-state index contributed by atoms with van der Waals surface area (Å²) in [5.41, 5.74) is 4.39. The molecule has 1 heterocycles. The van der Waals surface area contributed by atoms with Gasteiger partial charge in [0.2, 0.25) is 0 Å². The minimum Gasteiger partial charge on any atom is -0.234 e. The third-order valence-electron chi connectivity index (χ3n) is 9.62. The van der Waals surface area contributed by atoms with Crippen LogP contribution in [0.1, 0.15) is 171 Å². The van der Waals surface area contributed by atoms with Crippen molar-refractivity contribution in [1.29, 1.82) is 0 Å². The number of hydrogen-bond acceptors (Lipinski definition) is 0. The molecular weight excluding hydrogens is 532 g/mol. The second kappa shape index (κ2) is 23.1. The van der Waals surface area contributed by atoms with Crippen molar-refractivity contribution in [3.05, 3.63) is 89.5 Å². The van der Waals surface area contributed by atoms with Gasteiger partial charge in [0.1, 0.15) is 11.9 Å². The Labute approximate surface area is 272 Å². The van der Waals surface area contributed by atoms with Crippen LogP contribution in [-0.4, -0.2) is 4.57 Å². The fourth-order valence-corrected chi connectivity index (χ4v) is 6.81. The van der Waals surface area contributed by atoms with Crippen molar-refractivity contribution >= 4 is 0 Å². The number of imidazole rings is 1. The van der Waals surface area contributed by atoms with Crippen molar-refractivity contribution in [3.63, 3.8) is 0 Å². The molecule has 0 N–H and O–H groups in total. The van der Waals surface area contributed by atoms with E-state index in [2.05, 4.69) is 96.8 Å². The van der Waals surface area contributed by atoms with Crippen molar-refractivity contribution in [3.8, 4) is 0 Å². The van der Waals surface area contributed by atoms with E-state index in [1.54, 1.807) is 0 Å². The van der Waals surface area contributed by atoms with E-state index in [1.807, 2.05) is 0 Å². The van der Waals surface area contributed by atoms with Crippen molar-refractivity contribution in [2.24, 2.45) is 0 Å². The van der Waals surface area contributed by atoms with E-state index in [0.717, 1.165) is 25.9 Å². The summed E-state index contributed by atoms with van der Waals surface area (Å²) in [7, 11) is 0. The molecule has 1 aromatic heterocycles. The molecule has 0 spiro atoms. The highest BCUT2D eigenvalue weighted by atomic mass is 15.2. The molecule has 2 aromatic carbocycles. The van der Waals surface area contributed by atoms with Crippen LogP contribution in [0.15, 0.2) is 66.9 Å². The Balaban J connectivity index is 1.53. The van der Waals surface area contributed by atoms with E-state index in [-0.39, 0.29) is 0 Å². The Morgan fingerprint density at radius 3 is 1.59 bits per heavy atom. The standard InChI is InChI=1S/C42H67N2/c1-4-6-8-10-11-12-13-14-15-16-17-18-19-20-27-33-43-37-41(35-38(3)40-31-25-22-26-32-40)44(34-28-9-7-5-2)42(43)36-39-29-23-21-24-30-39/h21-26,29-32,37-38H,4-20,27-28,33-36H2,1-3H3/q+1. The van der Waals surface area contributed by atoms with Gasteiger partial charge in [-0.15, -0.1) is 0 Å². The molecular formula is C42H67N2+. The quantitative estimate of drug-likeness (QED) is 0.0641. The lowest BCUT2D eigenvalue weighted by Crippen LogP contribution is -2.37. The summed E-state index contributed by atoms with van der Waals surface area (Å²) in [5.74, 6) is 2.03. The first-order chi connectivity index (χ1) is 21.7. The van der Waals surface area contributed by atoms with Crippen molar-refractivity contribution in [2.75, 3.05) is 0 Å². The SMILES string of the molecule is CCCCCCCCCCCCCCCCC[n+]1cc(CC(C)c2ccccc2)n(CCCCCC)c1Cc1ccccc1. The number of aryl methyl sites for hydroxylation is 1. The van der Waals surface area contributed by atoms with E-state index in [1.165, 1.54) is 145 Å². The van der Waals surface area contributed by atoms with E-state index in [0.29, 0.717) is 5.92 Å². The third-order valence-corrected chi connectivity index (χ3v) is 9.62. The van der Waals surface area contributed by atoms with Gasteiger partial charge < -0.3 is 0 Å². The summed E-state index contributed by atoms with van der Waals surface area (Å²) in [6.07, 6.45) is 31.2. The van der Waals surface area contributed by atoms with Gasteiger partial charge in [-0.25, -0.2) is 9.13 Å². The molecule has 3 aromatic rings. The van der Waals surface area contributed by atoms with Crippen LogP contribution >= 0.6 is 0 Å². The van der Waals surface area contributed by atoms with Gasteiger partial charge in [-0.05, 0) is 42.7 Å². The predicted molar refractivity (Wildman–Crippen MR) is 192 cm³/mol. The molecule has 0 radical (unpaired) electrons. The molecule has 0 saturated heterocycles. The van der Waals surface area contributed by atoms with Gasteiger partial charge in [0, 0.05) is 6.42 Å². The van der Waals surface area contributed by atoms with Crippen molar-refractivity contribution in [2.45, 2.75) is 175 Å². The Morgan fingerprint density at radius 1 is 0.568 bits per heavy atom. The normalized spacial score (nSPS) is 12.2. The Kier molecular flexibility index (Phi) is 18.9. The summed E-state index contributed by atoms with van der Waals surface area (Å²) in [4.78, 5) is 0. The predicted octanol–water partition coefficient (Wildman–Crippen LogP) is 12.2. The maximum absolute atomic E-state index is 2.72. The molecule has 1 unspecified atom stereocenters. The summed E-state index contributed by atoms with van der Waals surface area (Å²) < 4.78 is 5.36. The van der Waals surface area contributed by atoms with E-state index < -0.39 is 0 Å². The number of aromatic nitrogens is 2. The fourth-order valence-electron chi connectivity index (χ4n) is 6.81. The van der Waals surface area contributed by atoms with E-state index in [4.69, 9.17) is 0 Å². The average Bonchev–Trinajstić information content (AvgIpc) is 3.36. The third kappa shape index (κ3) is 14.2. The van der Waals surface area contributed by atoms with Gasteiger partial charge in [-0.1, -0.05) is 178 Å². The highest BCUT2D eigenvalue weighted by molar-refractivity contribution is 5.22. The second-order valence-electron chi connectivity index (χ2n) is 13.6. The minimum absolute atomic E-state index is 0.518. The van der Waals surface area contributed by atoms with Gasteiger partial charge >= 0.3 is 0 Å². The molecule has 3 rings (SSSR count). The Morgan fingerprint density at radius 2 is 1.05 bits per heavy atom. The molecule has 2 heteroatoms. The zero-order valence-corrected chi connectivity index (χ0v) is 29.1. The first-order valence-corrected chi connectivity index (χ1v) is 18.9. The molecule has 0 fully saturated rings. The van der Waals surface area contributed by atoms with Crippen LogP contribution in [0.2, 0.25) is 0 Å². The number of unbranched alkanes of at least 4 members (excludes halogenated alkanes) is 17. The highest BCUT2D eigenvalue weighted by Gasteiger charge is 2.25. The second-order valence-corrected chi connectivity index (χ2v) is 13.6. The highest BCUT2D eigenvalue weighted by Crippen LogP contribution is 2.23. The summed E-state index contributed by atoms with van der Waals surface area (Å²) in [5, 5.41) is 0. The zero-order valence-electron chi connectivity index (χ0n) is 29.1. The van der Waals surface area contributed by atoms with Crippen LogP contribution in [0, 0.1) is 0 Å². The fraction of sp³-hybridized carbons (Fsp3) is 0.643. The average molecular weight is 600 g/mol. The van der Waals surface area contributed by atoms with Crippen molar-refractivity contribution in [1.82, 2.24) is 4.57 Å². The Hall–Kier alpha value is -2.35. The smallest absolute Gasteiger partial charge is 0.234 e. The Bertz CT molecular complexity index is 1080. The van der Waals surface area contributed by atoms with Crippen LogP contribution < -0.4 is 4.57 Å². The van der Waals surface area contributed by atoms with Gasteiger partial charge in [0.15, 0.2) is 0 Å². The molecule has 244 valence electrons. The summed E-state index contributed by atoms with van der Waals surface area (Å²) >= 11 is 0. The van der Waals surface area contributed by atoms with E-state index >= 15 is 0 Å². The topological polar surface area (TPSA) is 8.81 Å². The molecule has 1 atom stereocenters.